The number of hydrogen-bond donors (Lipinski definition) is 2. The van der Waals surface area contributed by atoms with E-state index in [0.29, 0.717) is 31.2 Å². The Hall–Kier alpha value is -6.95. The first kappa shape index (κ1) is 90.7. The Balaban J connectivity index is 1.57. The minimum atomic E-state index is -1.31. The van der Waals surface area contributed by atoms with Crippen LogP contribution in [0, 0.1) is 47.3 Å². The fourth-order valence-electron chi connectivity index (χ4n) is 14.6. The first-order chi connectivity index (χ1) is 50.4. The third-order valence-electron chi connectivity index (χ3n) is 21.4. The molecule has 5 rings (SSSR count). The van der Waals surface area contributed by atoms with Crippen LogP contribution in [0.25, 0.3) is 5.69 Å². The molecule has 1 aromatic carbocycles. The summed E-state index contributed by atoms with van der Waals surface area (Å²) in [7, 11) is 8.88. The largest absolute Gasteiger partial charge is 0.379 e. The minimum absolute atomic E-state index is 0.0493. The van der Waals surface area contributed by atoms with Gasteiger partial charge in [-0.1, -0.05) is 133 Å². The standard InChI is InChI=1S/C78H130N14O14S/c1-23-59-74(100)84(17)55(15)72(98)89(22)66(56(16)105-38-30-29-35-90-36-39-104-40-37-90)64(94)46-58(50(8)9)73(99)85(18)60(42-47(2)3)63(93)45-53(13)69(95)79-54(14)71(97)86(19)61(43-48(4)5)75(101)87(20)62(44-49(6)7)76(102)88(21)65(51(10)11)77(103)92-67(70(96)80-59)68(106-92)52(12)32-26-25-31-41-107-78-81-82-83-91(78)57-33-27-24-28-34-57/h24,27-28,33-34,47-56,58-62,65-68H,23,25-26,29-32,35-46H2,1-22H3,(H,79,95)(H,80,96)/t52-,53-,54-,55-,56-,58+,59+,60+,61+,62+,65+,66+,67+,68-/m1/s1. The summed E-state index contributed by atoms with van der Waals surface area (Å²) in [5.41, 5.74) is 0.840. The molecule has 602 valence electrons. The van der Waals surface area contributed by atoms with E-state index in [1.165, 1.54) is 97.3 Å². The van der Waals surface area contributed by atoms with Gasteiger partial charge in [-0.25, -0.2) is 5.06 Å². The lowest BCUT2D eigenvalue weighted by Gasteiger charge is -2.50. The second kappa shape index (κ2) is 42.9. The number of rotatable bonds is 25. The lowest BCUT2D eigenvalue weighted by Crippen LogP contribution is -2.72. The third kappa shape index (κ3) is 24.8. The molecule has 14 atom stereocenters. The molecule has 1 aromatic heterocycles. The molecule has 2 N–H and O–H groups in total. The zero-order valence-corrected chi connectivity index (χ0v) is 69.1. The number of amides is 9. The molecule has 2 aromatic rings. The van der Waals surface area contributed by atoms with Gasteiger partial charge < -0.3 is 49.5 Å². The van der Waals surface area contributed by atoms with Gasteiger partial charge in [-0.15, -0.1) is 5.10 Å². The molecule has 28 nitrogen and oxygen atoms in total. The predicted molar refractivity (Wildman–Crippen MR) is 410 cm³/mol. The van der Waals surface area contributed by atoms with Gasteiger partial charge >= 0.3 is 0 Å². The topological polar surface area (TPSA) is 309 Å². The summed E-state index contributed by atoms with van der Waals surface area (Å²) in [5, 5.41) is 19.7. The number of Topliss-reactive ketones (excluding diaryl/α,β-unsaturated/α-hetero) is 2. The van der Waals surface area contributed by atoms with Crippen molar-refractivity contribution in [1.29, 1.82) is 0 Å². The molecule has 0 bridgehead atoms. The average molecular weight is 1520 g/mol. The molecule has 4 heterocycles. The van der Waals surface area contributed by atoms with Crippen molar-refractivity contribution in [1.82, 2.24) is 70.2 Å². The second-order valence-electron chi connectivity index (χ2n) is 32.0. The summed E-state index contributed by atoms with van der Waals surface area (Å²) < 4.78 is 13.7. The fraction of sp³-hybridized carbons (Fsp3) is 0.769. The first-order valence-corrected chi connectivity index (χ1v) is 40.0. The maximum atomic E-state index is 15.5. The van der Waals surface area contributed by atoms with Crippen LogP contribution < -0.4 is 10.6 Å². The molecule has 0 saturated carbocycles. The number of ether oxygens (including phenoxy) is 2. The first-order valence-electron chi connectivity index (χ1n) is 39.0. The summed E-state index contributed by atoms with van der Waals surface area (Å²) in [4.78, 5) is 182. The van der Waals surface area contributed by atoms with Crippen LogP contribution in [0.15, 0.2) is 35.5 Å². The van der Waals surface area contributed by atoms with Crippen LogP contribution in [0.3, 0.4) is 0 Å². The summed E-state index contributed by atoms with van der Waals surface area (Å²) >= 11 is 1.53. The highest BCUT2D eigenvalue weighted by molar-refractivity contribution is 7.99. The smallest absolute Gasteiger partial charge is 0.270 e. The number of nitrogens with zero attached hydrogens (tertiary/aromatic N) is 12. The van der Waals surface area contributed by atoms with E-state index in [-0.39, 0.29) is 68.8 Å². The van der Waals surface area contributed by atoms with Gasteiger partial charge in [0.2, 0.25) is 52.4 Å². The Bertz CT molecular complexity index is 3260. The number of morpholine rings is 1. The molecular formula is C78H130N14O14S. The number of benzene rings is 1. The van der Waals surface area contributed by atoms with Crippen LogP contribution in [0.4, 0.5) is 0 Å². The molecule has 0 spiro atoms. The number of fused-ring (bicyclic) bond motifs is 1. The fourth-order valence-corrected chi connectivity index (χ4v) is 15.4. The van der Waals surface area contributed by atoms with Crippen molar-refractivity contribution in [3.63, 3.8) is 0 Å². The normalized spacial score (nSPS) is 26.6. The van der Waals surface area contributed by atoms with Crippen molar-refractivity contribution < 1.29 is 67.1 Å². The van der Waals surface area contributed by atoms with Gasteiger partial charge in [0.1, 0.15) is 48.4 Å². The van der Waals surface area contributed by atoms with Gasteiger partial charge in [-0.05, 0) is 137 Å². The van der Waals surface area contributed by atoms with Gasteiger partial charge in [0, 0.05) is 92.4 Å². The highest BCUT2D eigenvalue weighted by atomic mass is 32.2. The van der Waals surface area contributed by atoms with Gasteiger partial charge in [-0.3, -0.25) is 62.5 Å². The van der Waals surface area contributed by atoms with Crippen molar-refractivity contribution in [3.05, 3.63) is 30.3 Å². The Morgan fingerprint density at radius 2 is 1.14 bits per heavy atom. The second-order valence-corrected chi connectivity index (χ2v) is 33.1. The van der Waals surface area contributed by atoms with E-state index in [1.54, 1.807) is 53.1 Å². The van der Waals surface area contributed by atoms with Crippen molar-refractivity contribution in [3.8, 4) is 5.69 Å². The molecule has 107 heavy (non-hydrogen) atoms. The number of hydroxylamine groups is 2. The molecular weight excluding hydrogens is 1390 g/mol. The molecule has 9 amide bonds. The van der Waals surface area contributed by atoms with E-state index in [9.17, 15) is 14.4 Å². The predicted octanol–water partition coefficient (Wildman–Crippen LogP) is 7.00. The monoisotopic (exact) mass is 1520 g/mol. The number of aromatic nitrogens is 4. The molecule has 0 unspecified atom stereocenters. The van der Waals surface area contributed by atoms with Crippen LogP contribution >= 0.6 is 11.8 Å². The number of hydrogen-bond acceptors (Lipinski definition) is 19. The zero-order valence-electron chi connectivity index (χ0n) is 68.3. The maximum absolute atomic E-state index is 15.5. The van der Waals surface area contributed by atoms with Crippen molar-refractivity contribution in [2.45, 2.75) is 260 Å². The number of carbonyl (C=O) groups excluding carboxylic acids is 11. The molecule has 0 aliphatic carbocycles. The van der Waals surface area contributed by atoms with Crippen LogP contribution in [-0.2, 0) is 67.1 Å². The zero-order chi connectivity index (χ0) is 80.0. The molecule has 3 fully saturated rings. The van der Waals surface area contributed by atoms with E-state index in [4.69, 9.17) is 14.3 Å². The number of thioether (sulfide) groups is 1. The Labute approximate surface area is 641 Å². The van der Waals surface area contributed by atoms with Crippen molar-refractivity contribution >= 4 is 76.5 Å². The highest BCUT2D eigenvalue weighted by Crippen LogP contribution is 2.35. The lowest BCUT2D eigenvalue weighted by atomic mass is 9.85. The number of unbranched alkanes of at least 4 members (excludes halogenated alkanes) is 3. The van der Waals surface area contributed by atoms with Gasteiger partial charge in [-0.2, -0.15) is 4.68 Å². The number of carbonyl (C=O) groups is 11. The van der Waals surface area contributed by atoms with Gasteiger partial charge in [0.05, 0.1) is 31.0 Å². The summed E-state index contributed by atoms with van der Waals surface area (Å²) in [6, 6.07) is -1.21. The van der Waals surface area contributed by atoms with Crippen molar-refractivity contribution in [2.24, 2.45) is 47.3 Å². The SMILES string of the molecule is CC[C@@H]1NC(=O)[C@@H]2[C@@H]([C@H](C)CCCCCSc3nnnn3-c3ccccc3)ON2C(=O)[C@H](C(C)C)N(C)C(=O)[C@H](CC(C)C)N(C)C(=O)[C@H](CC(C)C)N(C)C(=O)[C@@H](C)NC(=O)[C@H](C)CC(=O)[C@H](CC(C)C)N(C)C(=O)[C@H](C(C)C)CC(=O)[C@H]([C@@H](C)OCCCCN2CCOCC2)N(C)C(=O)[C@@H](C)N(C)C1=O. The quantitative estimate of drug-likeness (QED) is 0.0747. The molecule has 29 heteroatoms. The number of tetrazole rings is 1. The third-order valence-corrected chi connectivity index (χ3v) is 22.4. The Morgan fingerprint density at radius 1 is 0.570 bits per heavy atom. The Kier molecular flexibility index (Phi) is 36.3. The molecule has 3 aliphatic rings. The van der Waals surface area contributed by atoms with E-state index in [2.05, 4.69) is 31.1 Å². The molecule has 3 aliphatic heterocycles. The summed E-state index contributed by atoms with van der Waals surface area (Å²) in [6.07, 6.45) is 2.50. The van der Waals surface area contributed by atoms with Gasteiger partial charge in [0.15, 0.2) is 17.6 Å². The minimum Gasteiger partial charge on any atom is -0.379 e. The van der Waals surface area contributed by atoms with E-state index in [1.807, 2.05) is 78.8 Å². The molecule has 3 saturated heterocycles. The number of likely N-dealkylation sites (N-methyl/N-ethyl adjacent to an activating group) is 6. The number of para-hydroxylation sites is 1. The van der Waals surface area contributed by atoms with Crippen LogP contribution in [0.2, 0.25) is 0 Å². The van der Waals surface area contributed by atoms with E-state index >= 15 is 38.4 Å². The summed E-state index contributed by atoms with van der Waals surface area (Å²) in [6.45, 7) is 32.5. The van der Waals surface area contributed by atoms with Crippen molar-refractivity contribution in [2.75, 3.05) is 87.5 Å². The Morgan fingerprint density at radius 3 is 1.72 bits per heavy atom. The van der Waals surface area contributed by atoms with Crippen LogP contribution in [0.1, 0.15) is 188 Å². The number of nitrogens with one attached hydrogen (secondary N) is 2. The highest BCUT2D eigenvalue weighted by Gasteiger charge is 2.55. The lowest BCUT2D eigenvalue weighted by molar-refractivity contribution is -0.322. The molecule has 0 radical (unpaired) electrons. The van der Waals surface area contributed by atoms with E-state index < -0.39 is 155 Å². The number of ketones is 2. The van der Waals surface area contributed by atoms with Gasteiger partial charge in [0.25, 0.3) is 5.91 Å². The maximum Gasteiger partial charge on any atom is 0.270 e. The average Bonchev–Trinajstić information content (AvgIpc) is 0.929. The van der Waals surface area contributed by atoms with Crippen LogP contribution in [0.5, 0.6) is 0 Å². The van der Waals surface area contributed by atoms with E-state index in [0.717, 1.165) is 61.8 Å². The summed E-state index contributed by atoms with van der Waals surface area (Å²) in [5.74, 6) is -9.48. The van der Waals surface area contributed by atoms with Crippen LogP contribution in [-0.4, -0.2) is 278 Å².